The summed E-state index contributed by atoms with van der Waals surface area (Å²) in [4.78, 5) is 4.76. The van der Waals surface area contributed by atoms with E-state index in [1.807, 2.05) is 0 Å². The number of nitrogens with zero attached hydrogens (tertiary/aromatic N) is 2. The minimum absolute atomic E-state index is 0.0391. The first-order valence-electron chi connectivity index (χ1n) is 8.45. The summed E-state index contributed by atoms with van der Waals surface area (Å²) in [7, 11) is 0. The standard InChI is InChI=1S/C17H27N3O/c1-16(2,3)13(18)14-19-15(21-20-14)17-7-10-4-11(8-17)6-12(5-10)9-17/h10-13H,4-9,18H2,1-3H3. The molecular formula is C17H27N3O. The van der Waals surface area contributed by atoms with E-state index in [2.05, 4.69) is 25.9 Å². The highest BCUT2D eigenvalue weighted by molar-refractivity contribution is 5.16. The average Bonchev–Trinajstić information content (AvgIpc) is 2.85. The van der Waals surface area contributed by atoms with Gasteiger partial charge in [0.15, 0.2) is 5.82 Å². The molecule has 4 heteroatoms. The molecule has 1 atom stereocenters. The van der Waals surface area contributed by atoms with Crippen molar-refractivity contribution in [1.82, 2.24) is 10.1 Å². The number of aromatic nitrogens is 2. The van der Waals surface area contributed by atoms with Gasteiger partial charge in [-0.15, -0.1) is 0 Å². The van der Waals surface area contributed by atoms with E-state index < -0.39 is 0 Å². The second kappa shape index (κ2) is 4.31. The summed E-state index contributed by atoms with van der Waals surface area (Å²) in [5.74, 6) is 4.25. The molecule has 0 aliphatic heterocycles. The van der Waals surface area contributed by atoms with Gasteiger partial charge in [0.05, 0.1) is 11.5 Å². The van der Waals surface area contributed by atoms with Crippen LogP contribution in [0.25, 0.3) is 0 Å². The molecule has 4 saturated carbocycles. The van der Waals surface area contributed by atoms with Crippen LogP contribution in [-0.2, 0) is 5.41 Å². The third-order valence-corrected chi connectivity index (χ3v) is 6.14. The predicted octanol–water partition coefficient (Wildman–Crippen LogP) is 3.58. The largest absolute Gasteiger partial charge is 0.339 e. The molecule has 116 valence electrons. The maximum Gasteiger partial charge on any atom is 0.232 e. The maximum absolute atomic E-state index is 6.29. The summed E-state index contributed by atoms with van der Waals surface area (Å²) < 4.78 is 5.72. The Balaban J connectivity index is 1.64. The minimum Gasteiger partial charge on any atom is -0.339 e. The van der Waals surface area contributed by atoms with Crippen LogP contribution in [0.3, 0.4) is 0 Å². The smallest absolute Gasteiger partial charge is 0.232 e. The topological polar surface area (TPSA) is 64.9 Å². The number of hydrogen-bond donors (Lipinski definition) is 1. The fourth-order valence-corrected chi connectivity index (χ4v) is 5.34. The van der Waals surface area contributed by atoms with E-state index in [4.69, 9.17) is 15.2 Å². The van der Waals surface area contributed by atoms with Crippen molar-refractivity contribution >= 4 is 0 Å². The second-order valence-corrected chi connectivity index (χ2v) is 9.00. The van der Waals surface area contributed by atoms with Crippen molar-refractivity contribution in [1.29, 1.82) is 0 Å². The van der Waals surface area contributed by atoms with E-state index in [1.54, 1.807) is 0 Å². The Kier molecular flexibility index (Phi) is 2.82. The molecular weight excluding hydrogens is 262 g/mol. The third kappa shape index (κ3) is 2.14. The number of nitrogens with two attached hydrogens (primary N) is 1. The van der Waals surface area contributed by atoms with Gasteiger partial charge in [-0.05, 0) is 61.7 Å². The first kappa shape index (κ1) is 13.7. The van der Waals surface area contributed by atoms with Crippen LogP contribution < -0.4 is 5.73 Å². The van der Waals surface area contributed by atoms with Gasteiger partial charge < -0.3 is 10.3 Å². The molecule has 0 aromatic carbocycles. The summed E-state index contributed by atoms with van der Waals surface area (Å²) in [5, 5.41) is 4.23. The zero-order valence-corrected chi connectivity index (χ0v) is 13.4. The van der Waals surface area contributed by atoms with Crippen LogP contribution in [0.5, 0.6) is 0 Å². The van der Waals surface area contributed by atoms with Gasteiger partial charge in [0.2, 0.25) is 5.89 Å². The van der Waals surface area contributed by atoms with Gasteiger partial charge in [-0.25, -0.2) is 0 Å². The van der Waals surface area contributed by atoms with Gasteiger partial charge in [-0.2, -0.15) is 4.98 Å². The lowest BCUT2D eigenvalue weighted by atomic mass is 9.49. The van der Waals surface area contributed by atoms with Crippen LogP contribution in [0.4, 0.5) is 0 Å². The fraction of sp³-hybridized carbons (Fsp3) is 0.882. The highest BCUT2D eigenvalue weighted by atomic mass is 16.5. The van der Waals surface area contributed by atoms with Crippen LogP contribution in [0.15, 0.2) is 4.52 Å². The molecule has 0 spiro atoms. The van der Waals surface area contributed by atoms with Gasteiger partial charge in [-0.1, -0.05) is 25.9 Å². The Morgan fingerprint density at radius 2 is 1.62 bits per heavy atom. The Morgan fingerprint density at radius 3 is 2.10 bits per heavy atom. The van der Waals surface area contributed by atoms with Crippen molar-refractivity contribution in [2.24, 2.45) is 28.9 Å². The molecule has 21 heavy (non-hydrogen) atoms. The van der Waals surface area contributed by atoms with Crippen molar-refractivity contribution < 1.29 is 4.52 Å². The zero-order chi connectivity index (χ0) is 14.8. The fourth-order valence-electron chi connectivity index (χ4n) is 5.34. The molecule has 4 nitrogen and oxygen atoms in total. The molecule has 1 aromatic rings. The molecule has 1 heterocycles. The molecule has 1 aromatic heterocycles. The van der Waals surface area contributed by atoms with Gasteiger partial charge >= 0.3 is 0 Å². The lowest BCUT2D eigenvalue weighted by Crippen LogP contribution is -2.48. The van der Waals surface area contributed by atoms with Crippen molar-refractivity contribution in [3.63, 3.8) is 0 Å². The van der Waals surface area contributed by atoms with Crippen LogP contribution in [0.1, 0.15) is 77.1 Å². The highest BCUT2D eigenvalue weighted by Gasteiger charge is 2.54. The van der Waals surface area contributed by atoms with E-state index in [-0.39, 0.29) is 16.9 Å². The first-order chi connectivity index (χ1) is 9.86. The summed E-state index contributed by atoms with van der Waals surface area (Å²) in [6.45, 7) is 6.37. The molecule has 4 aliphatic rings. The van der Waals surface area contributed by atoms with E-state index in [9.17, 15) is 0 Å². The Morgan fingerprint density at radius 1 is 1.10 bits per heavy atom. The molecule has 0 saturated heterocycles. The van der Waals surface area contributed by atoms with Crippen LogP contribution >= 0.6 is 0 Å². The Bertz CT molecular complexity index is 507. The third-order valence-electron chi connectivity index (χ3n) is 6.14. The van der Waals surface area contributed by atoms with Crippen molar-refractivity contribution in [2.45, 2.75) is 70.8 Å². The summed E-state index contributed by atoms with van der Waals surface area (Å²) in [6.07, 6.45) is 8.06. The summed E-state index contributed by atoms with van der Waals surface area (Å²) >= 11 is 0. The lowest BCUT2D eigenvalue weighted by molar-refractivity contribution is -0.0201. The normalized spacial score (nSPS) is 39.7. The van der Waals surface area contributed by atoms with Gasteiger partial charge in [0, 0.05) is 0 Å². The van der Waals surface area contributed by atoms with E-state index in [0.717, 1.165) is 23.6 Å². The van der Waals surface area contributed by atoms with Crippen LogP contribution in [-0.4, -0.2) is 10.1 Å². The van der Waals surface area contributed by atoms with E-state index in [1.165, 1.54) is 38.5 Å². The summed E-state index contributed by atoms with van der Waals surface area (Å²) in [6, 6.07) is -0.163. The molecule has 1 unspecified atom stereocenters. The molecule has 4 aliphatic carbocycles. The molecule has 0 radical (unpaired) electrons. The van der Waals surface area contributed by atoms with Gasteiger partial charge in [-0.3, -0.25) is 0 Å². The van der Waals surface area contributed by atoms with Crippen LogP contribution in [0, 0.1) is 23.2 Å². The quantitative estimate of drug-likeness (QED) is 0.903. The van der Waals surface area contributed by atoms with Crippen molar-refractivity contribution in [2.75, 3.05) is 0 Å². The molecule has 4 bridgehead atoms. The van der Waals surface area contributed by atoms with Gasteiger partial charge in [0.1, 0.15) is 0 Å². The number of hydrogen-bond acceptors (Lipinski definition) is 4. The van der Waals surface area contributed by atoms with E-state index in [0.29, 0.717) is 5.82 Å². The zero-order valence-electron chi connectivity index (χ0n) is 13.4. The lowest BCUT2D eigenvalue weighted by Gasteiger charge is -2.55. The van der Waals surface area contributed by atoms with Gasteiger partial charge in [0.25, 0.3) is 0 Å². The second-order valence-electron chi connectivity index (χ2n) is 9.00. The molecule has 2 N–H and O–H groups in total. The van der Waals surface area contributed by atoms with E-state index >= 15 is 0 Å². The summed E-state index contributed by atoms with van der Waals surface area (Å²) in [5.41, 5.74) is 6.43. The molecule has 0 amide bonds. The molecule has 5 rings (SSSR count). The maximum atomic E-state index is 6.29. The van der Waals surface area contributed by atoms with Crippen molar-refractivity contribution in [3.8, 4) is 0 Å². The SMILES string of the molecule is CC(C)(C)C(N)c1noc(C23CC4CC(CC(C4)C2)C3)n1. The Labute approximate surface area is 126 Å². The first-order valence-corrected chi connectivity index (χ1v) is 8.45. The number of rotatable bonds is 2. The Hall–Kier alpha value is -0.900. The monoisotopic (exact) mass is 289 g/mol. The predicted molar refractivity (Wildman–Crippen MR) is 80.5 cm³/mol. The average molecular weight is 289 g/mol. The van der Waals surface area contributed by atoms with Crippen LogP contribution in [0.2, 0.25) is 0 Å². The molecule has 4 fully saturated rings. The highest BCUT2D eigenvalue weighted by Crippen LogP contribution is 2.60. The van der Waals surface area contributed by atoms with Crippen molar-refractivity contribution in [3.05, 3.63) is 11.7 Å². The minimum atomic E-state index is -0.163.